The molecule has 0 aliphatic rings. The van der Waals surface area contributed by atoms with Crippen molar-refractivity contribution in [3.8, 4) is 0 Å². The molecule has 4 nitrogen and oxygen atoms in total. The Morgan fingerprint density at radius 2 is 1.80 bits per heavy atom. The molecule has 0 bridgehead atoms. The summed E-state index contributed by atoms with van der Waals surface area (Å²) in [6, 6.07) is 16.3. The first kappa shape index (κ1) is 17.6. The number of aliphatic hydroxyl groups is 1. The normalized spacial score (nSPS) is 12.8. The summed E-state index contributed by atoms with van der Waals surface area (Å²) in [5.74, 6) is 1.30. The Morgan fingerprint density at radius 1 is 1.08 bits per heavy atom. The average molecular weight is 338 g/mol. The first-order valence-electron chi connectivity index (χ1n) is 8.81. The molecule has 1 N–H and O–H groups in total. The van der Waals surface area contributed by atoms with Gasteiger partial charge in [0.2, 0.25) is 0 Å². The number of aromatic nitrogens is 2. The Hall–Kier alpha value is -2.17. The largest absolute Gasteiger partial charge is 0.389 e. The van der Waals surface area contributed by atoms with Crippen molar-refractivity contribution >= 4 is 11.0 Å². The van der Waals surface area contributed by atoms with Gasteiger partial charge in [-0.1, -0.05) is 55.8 Å². The Kier molecular flexibility index (Phi) is 5.51. The summed E-state index contributed by atoms with van der Waals surface area (Å²) in [5.41, 5.74) is 4.38. The summed E-state index contributed by atoms with van der Waals surface area (Å²) >= 11 is 0. The molecule has 1 heterocycles. The van der Waals surface area contributed by atoms with Crippen molar-refractivity contribution in [3.63, 3.8) is 0 Å². The minimum absolute atomic E-state index is 0.299. The van der Waals surface area contributed by atoms with Crippen LogP contribution in [0.25, 0.3) is 11.0 Å². The van der Waals surface area contributed by atoms with Gasteiger partial charge in [-0.15, -0.1) is 0 Å². The summed E-state index contributed by atoms with van der Waals surface area (Å²) in [5, 5.41) is 10.4. The molecule has 0 aliphatic heterocycles. The summed E-state index contributed by atoms with van der Waals surface area (Å²) in [6.07, 6.45) is -0.569. The number of ether oxygens (including phenoxy) is 1. The molecule has 0 saturated carbocycles. The van der Waals surface area contributed by atoms with Crippen LogP contribution in [0.5, 0.6) is 0 Å². The maximum absolute atomic E-state index is 10.4. The number of para-hydroxylation sites is 2. The molecule has 25 heavy (non-hydrogen) atoms. The van der Waals surface area contributed by atoms with Gasteiger partial charge in [0.1, 0.15) is 5.82 Å². The second-order valence-corrected chi connectivity index (χ2v) is 6.88. The highest BCUT2D eigenvalue weighted by atomic mass is 16.5. The third-order valence-corrected chi connectivity index (χ3v) is 4.29. The van der Waals surface area contributed by atoms with Crippen molar-refractivity contribution in [2.45, 2.75) is 45.9 Å². The highest BCUT2D eigenvalue weighted by Crippen LogP contribution is 2.22. The van der Waals surface area contributed by atoms with E-state index in [1.54, 1.807) is 0 Å². The lowest BCUT2D eigenvalue weighted by Gasteiger charge is -2.16. The SMILES string of the molecule is Cc1ccc(COCC(O)Cn2c(C(C)C)nc3ccccc32)cc1. The van der Waals surface area contributed by atoms with E-state index < -0.39 is 6.10 Å². The van der Waals surface area contributed by atoms with Gasteiger partial charge in [-0.05, 0) is 24.6 Å². The molecule has 2 aromatic carbocycles. The fourth-order valence-corrected chi connectivity index (χ4v) is 2.99. The topological polar surface area (TPSA) is 47.3 Å². The minimum Gasteiger partial charge on any atom is -0.389 e. The smallest absolute Gasteiger partial charge is 0.112 e. The Balaban J connectivity index is 1.64. The highest BCUT2D eigenvalue weighted by Gasteiger charge is 2.16. The third-order valence-electron chi connectivity index (χ3n) is 4.29. The number of benzene rings is 2. The molecule has 1 atom stereocenters. The van der Waals surface area contributed by atoms with Crippen LogP contribution in [0, 0.1) is 6.92 Å². The van der Waals surface area contributed by atoms with Gasteiger partial charge in [0.05, 0.1) is 36.9 Å². The van der Waals surface area contributed by atoms with E-state index in [9.17, 15) is 5.11 Å². The van der Waals surface area contributed by atoms with Crippen LogP contribution in [0.3, 0.4) is 0 Å². The van der Waals surface area contributed by atoms with Crippen molar-refractivity contribution in [1.29, 1.82) is 0 Å². The predicted molar refractivity (Wildman–Crippen MR) is 101 cm³/mol. The van der Waals surface area contributed by atoms with Gasteiger partial charge in [0.25, 0.3) is 0 Å². The molecular formula is C21H26N2O2. The van der Waals surface area contributed by atoms with E-state index in [1.165, 1.54) is 5.56 Å². The molecule has 0 saturated heterocycles. The van der Waals surface area contributed by atoms with Gasteiger partial charge in [0.15, 0.2) is 0 Å². The van der Waals surface area contributed by atoms with E-state index in [4.69, 9.17) is 9.72 Å². The number of fused-ring (bicyclic) bond motifs is 1. The molecular weight excluding hydrogens is 312 g/mol. The maximum Gasteiger partial charge on any atom is 0.112 e. The van der Waals surface area contributed by atoms with Crippen LogP contribution < -0.4 is 0 Å². The molecule has 1 aromatic heterocycles. The van der Waals surface area contributed by atoms with Gasteiger partial charge < -0.3 is 14.4 Å². The number of nitrogens with zero attached hydrogens (tertiary/aromatic N) is 2. The van der Waals surface area contributed by atoms with Crippen LogP contribution in [0.2, 0.25) is 0 Å². The Labute approximate surface area is 149 Å². The summed E-state index contributed by atoms with van der Waals surface area (Å²) < 4.78 is 7.81. The van der Waals surface area contributed by atoms with Crippen LogP contribution in [0.4, 0.5) is 0 Å². The van der Waals surface area contributed by atoms with Crippen molar-refractivity contribution in [2.24, 2.45) is 0 Å². The fraction of sp³-hybridized carbons (Fsp3) is 0.381. The second-order valence-electron chi connectivity index (χ2n) is 6.88. The van der Waals surface area contributed by atoms with E-state index >= 15 is 0 Å². The molecule has 0 radical (unpaired) electrons. The molecule has 4 heteroatoms. The quantitative estimate of drug-likeness (QED) is 0.707. The van der Waals surface area contributed by atoms with Crippen molar-refractivity contribution in [1.82, 2.24) is 9.55 Å². The lowest BCUT2D eigenvalue weighted by molar-refractivity contribution is 0.0204. The zero-order valence-electron chi connectivity index (χ0n) is 15.1. The summed E-state index contributed by atoms with van der Waals surface area (Å²) in [6.45, 7) is 7.62. The van der Waals surface area contributed by atoms with Crippen molar-refractivity contribution < 1.29 is 9.84 Å². The fourth-order valence-electron chi connectivity index (χ4n) is 2.99. The number of aliphatic hydroxyl groups excluding tert-OH is 1. The zero-order valence-corrected chi connectivity index (χ0v) is 15.1. The van der Waals surface area contributed by atoms with Crippen LogP contribution in [0.15, 0.2) is 48.5 Å². The first-order chi connectivity index (χ1) is 12.0. The van der Waals surface area contributed by atoms with Gasteiger partial charge >= 0.3 is 0 Å². The molecule has 0 aliphatic carbocycles. The minimum atomic E-state index is -0.569. The van der Waals surface area contributed by atoms with Crippen molar-refractivity contribution in [3.05, 3.63) is 65.5 Å². The number of rotatable bonds is 7. The second kappa shape index (κ2) is 7.81. The Morgan fingerprint density at radius 3 is 2.52 bits per heavy atom. The molecule has 132 valence electrons. The van der Waals surface area contributed by atoms with Crippen molar-refractivity contribution in [2.75, 3.05) is 6.61 Å². The average Bonchev–Trinajstić information content (AvgIpc) is 2.96. The Bertz CT molecular complexity index is 822. The lowest BCUT2D eigenvalue weighted by Crippen LogP contribution is -2.23. The number of hydrogen-bond acceptors (Lipinski definition) is 3. The summed E-state index contributed by atoms with van der Waals surface area (Å²) in [4.78, 5) is 4.71. The van der Waals surface area contributed by atoms with Gasteiger partial charge in [-0.3, -0.25) is 0 Å². The van der Waals surface area contributed by atoms with Gasteiger partial charge in [0, 0.05) is 5.92 Å². The van der Waals surface area contributed by atoms with E-state index in [2.05, 4.69) is 49.6 Å². The molecule has 1 unspecified atom stereocenters. The lowest BCUT2D eigenvalue weighted by atomic mass is 10.2. The van der Waals surface area contributed by atoms with E-state index in [0.717, 1.165) is 22.4 Å². The van der Waals surface area contributed by atoms with E-state index in [-0.39, 0.29) is 0 Å². The predicted octanol–water partition coefficient (Wildman–Crippen LogP) is 4.05. The standard InChI is InChI=1S/C21H26N2O2/c1-15(2)21-22-19-6-4-5-7-20(19)23(21)12-18(24)14-25-13-17-10-8-16(3)9-11-17/h4-11,15,18,24H,12-14H2,1-3H3. The van der Waals surface area contributed by atoms with E-state index in [0.29, 0.717) is 25.7 Å². The number of aryl methyl sites for hydroxylation is 1. The number of imidazole rings is 1. The van der Waals surface area contributed by atoms with Gasteiger partial charge in [-0.25, -0.2) is 4.98 Å². The monoisotopic (exact) mass is 338 g/mol. The molecule has 0 fully saturated rings. The molecule has 0 spiro atoms. The third kappa shape index (κ3) is 4.27. The van der Waals surface area contributed by atoms with Crippen LogP contribution in [-0.4, -0.2) is 27.4 Å². The van der Waals surface area contributed by atoms with Crippen LogP contribution >= 0.6 is 0 Å². The highest BCUT2D eigenvalue weighted by molar-refractivity contribution is 5.76. The summed E-state index contributed by atoms with van der Waals surface area (Å²) in [7, 11) is 0. The number of hydrogen-bond donors (Lipinski definition) is 1. The zero-order chi connectivity index (χ0) is 17.8. The van der Waals surface area contributed by atoms with Gasteiger partial charge in [-0.2, -0.15) is 0 Å². The molecule has 3 aromatic rings. The first-order valence-corrected chi connectivity index (χ1v) is 8.81. The van der Waals surface area contributed by atoms with Crippen LogP contribution in [0.1, 0.15) is 36.7 Å². The molecule has 3 rings (SSSR count). The maximum atomic E-state index is 10.4. The van der Waals surface area contributed by atoms with Crippen LogP contribution in [-0.2, 0) is 17.9 Å². The molecule has 0 amide bonds. The van der Waals surface area contributed by atoms with E-state index in [1.807, 2.05) is 24.3 Å².